The average Bonchev–Trinajstić information content (AvgIpc) is 1.83. The van der Waals surface area contributed by atoms with E-state index < -0.39 is 6.09 Å². The summed E-state index contributed by atoms with van der Waals surface area (Å²) in [5, 5.41) is 11.5. The molecule has 0 heterocycles. The summed E-state index contributed by atoms with van der Waals surface area (Å²) >= 11 is 0. The van der Waals surface area contributed by atoms with E-state index in [1.54, 1.807) is 6.92 Å². The largest absolute Gasteiger partial charge is 0.464 e. The van der Waals surface area contributed by atoms with Crippen molar-refractivity contribution in [3.05, 3.63) is 0 Å². The van der Waals surface area contributed by atoms with E-state index in [1.807, 2.05) is 12.3 Å². The summed E-state index contributed by atoms with van der Waals surface area (Å²) < 4.78 is 0. The number of rotatable bonds is 2. The molecule has 0 aromatic heterocycles. The molecule has 0 unspecified atom stereocenters. The minimum atomic E-state index is -1.12. The molecule has 4 nitrogen and oxygen atoms in total. The Morgan fingerprint density at radius 3 is 2.67 bits per heavy atom. The summed E-state index contributed by atoms with van der Waals surface area (Å²) in [6.07, 6.45) is -0.358. The molecule has 0 fully saturated rings. The molecule has 0 rings (SSSR count). The van der Waals surface area contributed by atoms with Gasteiger partial charge in [-0.25, -0.2) is 10.2 Å². The summed E-state index contributed by atoms with van der Waals surface area (Å²) in [7, 11) is 0. The van der Waals surface area contributed by atoms with E-state index >= 15 is 0 Å². The zero-order valence-electron chi connectivity index (χ0n) is 5.51. The van der Waals surface area contributed by atoms with Crippen LogP contribution in [-0.4, -0.2) is 16.9 Å². The van der Waals surface area contributed by atoms with Crippen molar-refractivity contribution < 1.29 is 9.90 Å². The summed E-state index contributed by atoms with van der Waals surface area (Å²) in [6, 6.07) is 0. The molecule has 0 aliphatic carbocycles. The van der Waals surface area contributed by atoms with Gasteiger partial charge < -0.3 is 5.11 Å². The fourth-order valence-electron chi connectivity index (χ4n) is 0.222. The van der Waals surface area contributed by atoms with Crippen LogP contribution >= 0.6 is 0 Å². The maximum Gasteiger partial charge on any atom is 0.425 e. The van der Waals surface area contributed by atoms with Crippen LogP contribution in [0.2, 0.25) is 0 Å². The lowest BCUT2D eigenvalue weighted by molar-refractivity contribution is 0.195. The SMILES string of the molecule is CCC(C)=NNC(=O)O. The third-order valence-corrected chi connectivity index (χ3v) is 0.854. The number of nitrogens with one attached hydrogen (secondary N) is 1. The zero-order chi connectivity index (χ0) is 7.28. The maximum atomic E-state index is 9.80. The number of hydrazone groups is 1. The Kier molecular flexibility index (Phi) is 3.43. The molecule has 0 aliphatic heterocycles. The second kappa shape index (κ2) is 3.88. The molecule has 0 aromatic rings. The first-order valence-electron chi connectivity index (χ1n) is 2.69. The topological polar surface area (TPSA) is 61.7 Å². The Bertz CT molecular complexity index is 131. The Morgan fingerprint density at radius 1 is 1.78 bits per heavy atom. The molecule has 0 aromatic carbocycles. The Hall–Kier alpha value is -1.06. The van der Waals surface area contributed by atoms with Gasteiger partial charge in [0.2, 0.25) is 0 Å². The maximum absolute atomic E-state index is 9.80. The van der Waals surface area contributed by atoms with Gasteiger partial charge in [-0.2, -0.15) is 5.10 Å². The number of carboxylic acid groups (broad SMARTS) is 1. The third kappa shape index (κ3) is 4.80. The van der Waals surface area contributed by atoms with Gasteiger partial charge in [0, 0.05) is 5.71 Å². The van der Waals surface area contributed by atoms with Crippen molar-refractivity contribution in [2.75, 3.05) is 0 Å². The Labute approximate surface area is 53.6 Å². The van der Waals surface area contributed by atoms with Gasteiger partial charge in [0.15, 0.2) is 0 Å². The second-order valence-electron chi connectivity index (χ2n) is 1.62. The minimum absolute atomic E-state index is 0.764. The van der Waals surface area contributed by atoms with Crippen LogP contribution in [0.5, 0.6) is 0 Å². The number of hydrogen-bond acceptors (Lipinski definition) is 2. The van der Waals surface area contributed by atoms with E-state index in [-0.39, 0.29) is 0 Å². The molecule has 0 saturated heterocycles. The van der Waals surface area contributed by atoms with Crippen molar-refractivity contribution in [2.45, 2.75) is 20.3 Å². The van der Waals surface area contributed by atoms with Crippen LogP contribution in [0, 0.1) is 0 Å². The van der Waals surface area contributed by atoms with Crippen molar-refractivity contribution in [3.8, 4) is 0 Å². The van der Waals surface area contributed by atoms with E-state index in [0.717, 1.165) is 12.1 Å². The van der Waals surface area contributed by atoms with Gasteiger partial charge in [0.05, 0.1) is 0 Å². The summed E-state index contributed by atoms with van der Waals surface area (Å²) in [4.78, 5) is 9.80. The molecule has 52 valence electrons. The van der Waals surface area contributed by atoms with E-state index in [4.69, 9.17) is 5.11 Å². The van der Waals surface area contributed by atoms with Crippen LogP contribution in [-0.2, 0) is 0 Å². The molecule has 0 saturated carbocycles. The third-order valence-electron chi connectivity index (χ3n) is 0.854. The molecule has 4 heteroatoms. The van der Waals surface area contributed by atoms with Gasteiger partial charge in [-0.05, 0) is 13.3 Å². The zero-order valence-corrected chi connectivity index (χ0v) is 5.51. The molecular formula is C5H10N2O2. The first-order chi connectivity index (χ1) is 4.16. The normalized spacial score (nSPS) is 11.1. The van der Waals surface area contributed by atoms with Crippen molar-refractivity contribution in [1.29, 1.82) is 0 Å². The van der Waals surface area contributed by atoms with Crippen LogP contribution in [0.3, 0.4) is 0 Å². The summed E-state index contributed by atoms with van der Waals surface area (Å²) in [5.74, 6) is 0. The summed E-state index contributed by atoms with van der Waals surface area (Å²) in [5.41, 5.74) is 2.68. The lowest BCUT2D eigenvalue weighted by Crippen LogP contribution is -2.15. The number of nitrogens with zero attached hydrogens (tertiary/aromatic N) is 1. The number of amides is 1. The molecular weight excluding hydrogens is 120 g/mol. The Balaban J connectivity index is 3.56. The van der Waals surface area contributed by atoms with Crippen LogP contribution in [0.1, 0.15) is 20.3 Å². The highest BCUT2D eigenvalue weighted by atomic mass is 16.4. The minimum Gasteiger partial charge on any atom is -0.464 e. The molecule has 2 N–H and O–H groups in total. The molecule has 0 radical (unpaired) electrons. The van der Waals surface area contributed by atoms with Crippen molar-refractivity contribution >= 4 is 11.8 Å². The number of carbonyl (C=O) groups is 1. The first kappa shape index (κ1) is 7.94. The van der Waals surface area contributed by atoms with Crippen molar-refractivity contribution in [3.63, 3.8) is 0 Å². The Morgan fingerprint density at radius 2 is 2.33 bits per heavy atom. The average molecular weight is 130 g/mol. The highest BCUT2D eigenvalue weighted by molar-refractivity contribution is 5.82. The lowest BCUT2D eigenvalue weighted by atomic mass is 10.3. The van der Waals surface area contributed by atoms with Gasteiger partial charge in [-0.15, -0.1) is 0 Å². The highest BCUT2D eigenvalue weighted by Crippen LogP contribution is 1.79. The van der Waals surface area contributed by atoms with Crippen LogP contribution in [0.25, 0.3) is 0 Å². The lowest BCUT2D eigenvalue weighted by Gasteiger charge is -1.92. The predicted octanol–water partition coefficient (Wildman–Crippen LogP) is 1.04. The molecule has 0 bridgehead atoms. The van der Waals surface area contributed by atoms with Gasteiger partial charge in [0.25, 0.3) is 0 Å². The monoisotopic (exact) mass is 130 g/mol. The molecule has 0 atom stereocenters. The van der Waals surface area contributed by atoms with Crippen LogP contribution < -0.4 is 5.43 Å². The smallest absolute Gasteiger partial charge is 0.425 e. The molecule has 0 aliphatic rings. The number of hydrogen-bond donors (Lipinski definition) is 2. The van der Waals surface area contributed by atoms with Crippen LogP contribution in [0.15, 0.2) is 5.10 Å². The second-order valence-corrected chi connectivity index (χ2v) is 1.62. The van der Waals surface area contributed by atoms with Crippen molar-refractivity contribution in [1.82, 2.24) is 5.43 Å². The quantitative estimate of drug-likeness (QED) is 0.433. The fourth-order valence-corrected chi connectivity index (χ4v) is 0.222. The van der Waals surface area contributed by atoms with E-state index in [9.17, 15) is 4.79 Å². The predicted molar refractivity (Wildman–Crippen MR) is 34.6 cm³/mol. The van der Waals surface area contributed by atoms with E-state index in [0.29, 0.717) is 0 Å². The molecule has 1 amide bonds. The standard InChI is InChI=1S/C5H10N2O2/c1-3-4(2)6-7-5(8)9/h7H,3H2,1-2H3,(H,8,9). The molecule has 0 spiro atoms. The van der Waals surface area contributed by atoms with E-state index in [1.165, 1.54) is 0 Å². The van der Waals surface area contributed by atoms with Crippen molar-refractivity contribution in [2.24, 2.45) is 5.10 Å². The first-order valence-corrected chi connectivity index (χ1v) is 2.69. The van der Waals surface area contributed by atoms with E-state index in [2.05, 4.69) is 5.10 Å². The fraction of sp³-hybridized carbons (Fsp3) is 0.600. The van der Waals surface area contributed by atoms with Gasteiger partial charge in [-0.3, -0.25) is 0 Å². The van der Waals surface area contributed by atoms with Gasteiger partial charge in [0.1, 0.15) is 0 Å². The highest BCUT2D eigenvalue weighted by Gasteiger charge is 1.88. The van der Waals surface area contributed by atoms with Gasteiger partial charge >= 0.3 is 6.09 Å². The van der Waals surface area contributed by atoms with Gasteiger partial charge in [-0.1, -0.05) is 6.92 Å². The summed E-state index contributed by atoms with van der Waals surface area (Å²) in [6.45, 7) is 3.66. The van der Waals surface area contributed by atoms with Crippen LogP contribution in [0.4, 0.5) is 4.79 Å². The molecule has 9 heavy (non-hydrogen) atoms.